The molecule has 0 atom stereocenters. The van der Waals surface area contributed by atoms with E-state index >= 15 is 0 Å². The lowest BCUT2D eigenvalue weighted by Gasteiger charge is -2.17. The first-order valence-electron chi connectivity index (χ1n) is 14.0. The van der Waals surface area contributed by atoms with Crippen molar-refractivity contribution in [2.24, 2.45) is 0 Å². The van der Waals surface area contributed by atoms with Gasteiger partial charge in [0.15, 0.2) is 0 Å². The van der Waals surface area contributed by atoms with E-state index in [0.717, 1.165) is 16.9 Å². The van der Waals surface area contributed by atoms with Gasteiger partial charge in [0.1, 0.15) is 5.82 Å². The maximum Gasteiger partial charge on any atom is 0.265 e. The average molecular weight is 655 g/mol. The Balaban J connectivity index is 1.29. The third kappa shape index (κ3) is 6.97. The van der Waals surface area contributed by atoms with Crippen LogP contribution >= 0.6 is 34.8 Å². The van der Waals surface area contributed by atoms with Gasteiger partial charge in [-0.05, 0) is 78.4 Å². The fourth-order valence-electron chi connectivity index (χ4n) is 4.96. The van der Waals surface area contributed by atoms with Crippen LogP contribution in [0.3, 0.4) is 0 Å². The minimum Gasteiger partial charge on any atom is -0.376 e. The third-order valence-corrected chi connectivity index (χ3v) is 7.99. The number of amides is 1. The molecule has 3 N–H and O–H groups in total. The lowest BCUT2D eigenvalue weighted by atomic mass is 10.1. The predicted octanol–water partition coefficient (Wildman–Crippen LogP) is 8.73. The summed E-state index contributed by atoms with van der Waals surface area (Å²) in [6.45, 7) is 0.0494. The van der Waals surface area contributed by atoms with E-state index in [0.29, 0.717) is 55.3 Å². The molecule has 0 unspecified atom stereocenters. The van der Waals surface area contributed by atoms with Gasteiger partial charge in [-0.3, -0.25) is 14.2 Å². The standard InChI is InChI=1S/C35H26Cl3N5O2/c36-23-8-5-9-25(20-23)40-33(44)21-39-24-15-17-26(18-16-24)43-32(41-31-14-4-2-10-27(31)35(43)45)19-22-7-1-3-13-30(22)42-34-28(37)11-6-12-29(34)38/h1-18,20,39,42H,19,21H2,(H,40,44). The number of para-hydroxylation sites is 3. The zero-order valence-corrected chi connectivity index (χ0v) is 26.0. The summed E-state index contributed by atoms with van der Waals surface area (Å²) in [5.41, 5.74) is 4.68. The molecule has 0 fully saturated rings. The lowest BCUT2D eigenvalue weighted by Crippen LogP contribution is -2.24. The summed E-state index contributed by atoms with van der Waals surface area (Å²) in [6.07, 6.45) is 0.342. The minimum absolute atomic E-state index is 0.0494. The summed E-state index contributed by atoms with van der Waals surface area (Å²) in [5.74, 6) is 0.337. The smallest absolute Gasteiger partial charge is 0.265 e. The highest BCUT2D eigenvalue weighted by atomic mass is 35.5. The molecule has 1 amide bonds. The largest absolute Gasteiger partial charge is 0.376 e. The Morgan fingerprint density at radius 1 is 0.756 bits per heavy atom. The number of carbonyl (C=O) groups excluding carboxylic acids is 1. The summed E-state index contributed by atoms with van der Waals surface area (Å²) in [7, 11) is 0. The van der Waals surface area contributed by atoms with Crippen LogP contribution in [0, 0.1) is 0 Å². The highest BCUT2D eigenvalue weighted by molar-refractivity contribution is 6.39. The van der Waals surface area contributed by atoms with Crippen LogP contribution in [0.15, 0.2) is 120 Å². The minimum atomic E-state index is -0.219. The fraction of sp³-hybridized carbons (Fsp3) is 0.0571. The Bertz CT molecular complexity index is 2060. The van der Waals surface area contributed by atoms with Crippen LogP contribution in [0.1, 0.15) is 11.4 Å². The zero-order valence-electron chi connectivity index (χ0n) is 23.7. The molecule has 10 heteroatoms. The van der Waals surface area contributed by atoms with Gasteiger partial charge in [-0.15, -0.1) is 0 Å². The molecule has 0 radical (unpaired) electrons. The molecule has 6 aromatic rings. The van der Waals surface area contributed by atoms with E-state index in [2.05, 4.69) is 16.0 Å². The van der Waals surface area contributed by atoms with Crippen LogP contribution in [0.5, 0.6) is 0 Å². The maximum absolute atomic E-state index is 13.9. The second-order valence-electron chi connectivity index (χ2n) is 10.2. The molecule has 0 bridgehead atoms. The van der Waals surface area contributed by atoms with Gasteiger partial charge in [-0.1, -0.05) is 77.3 Å². The van der Waals surface area contributed by atoms with Crippen molar-refractivity contribution in [1.29, 1.82) is 0 Å². The van der Waals surface area contributed by atoms with Crippen molar-refractivity contribution in [2.45, 2.75) is 6.42 Å². The number of carbonyl (C=O) groups is 1. The molecule has 0 aliphatic carbocycles. The SMILES string of the molecule is O=C(CNc1ccc(-n2c(Cc3ccccc3Nc3c(Cl)cccc3Cl)nc3ccccc3c2=O)cc1)Nc1cccc(Cl)c1. The number of nitrogens with one attached hydrogen (secondary N) is 3. The Hall–Kier alpha value is -4.82. The Labute approximate surface area is 274 Å². The summed E-state index contributed by atoms with van der Waals surface area (Å²) in [4.78, 5) is 31.3. The van der Waals surface area contributed by atoms with Crippen molar-refractivity contribution in [3.05, 3.63) is 152 Å². The van der Waals surface area contributed by atoms with Crippen LogP contribution < -0.4 is 21.5 Å². The molecule has 45 heavy (non-hydrogen) atoms. The van der Waals surface area contributed by atoms with Crippen LogP contribution in [-0.4, -0.2) is 22.0 Å². The molecule has 0 aliphatic heterocycles. The highest BCUT2D eigenvalue weighted by Crippen LogP contribution is 2.34. The first kappa shape index (κ1) is 30.2. The second kappa shape index (κ2) is 13.4. The molecule has 224 valence electrons. The molecule has 6 rings (SSSR count). The number of nitrogens with zero attached hydrogens (tertiary/aromatic N) is 2. The first-order valence-corrected chi connectivity index (χ1v) is 15.2. The zero-order chi connectivity index (χ0) is 31.3. The summed E-state index contributed by atoms with van der Waals surface area (Å²) >= 11 is 18.9. The van der Waals surface area contributed by atoms with Gasteiger partial charge in [0, 0.05) is 28.5 Å². The Morgan fingerprint density at radius 3 is 2.24 bits per heavy atom. The van der Waals surface area contributed by atoms with Gasteiger partial charge in [-0.25, -0.2) is 4.98 Å². The summed E-state index contributed by atoms with van der Waals surface area (Å²) in [5, 5.41) is 11.3. The number of benzene rings is 5. The van der Waals surface area contributed by atoms with E-state index < -0.39 is 0 Å². The highest BCUT2D eigenvalue weighted by Gasteiger charge is 2.16. The maximum atomic E-state index is 13.9. The van der Waals surface area contributed by atoms with Crippen LogP contribution in [-0.2, 0) is 11.2 Å². The van der Waals surface area contributed by atoms with E-state index in [1.54, 1.807) is 53.1 Å². The number of rotatable bonds is 9. The van der Waals surface area contributed by atoms with Gasteiger partial charge < -0.3 is 16.0 Å². The lowest BCUT2D eigenvalue weighted by molar-refractivity contribution is -0.114. The molecule has 0 aliphatic rings. The second-order valence-corrected chi connectivity index (χ2v) is 11.5. The number of fused-ring (bicyclic) bond motifs is 1. The Kier molecular flexibility index (Phi) is 9.03. The quantitative estimate of drug-likeness (QED) is 0.145. The monoisotopic (exact) mass is 653 g/mol. The van der Waals surface area contributed by atoms with E-state index in [-0.39, 0.29) is 18.0 Å². The van der Waals surface area contributed by atoms with Crippen molar-refractivity contribution < 1.29 is 4.79 Å². The van der Waals surface area contributed by atoms with E-state index in [1.165, 1.54) is 0 Å². The molecular formula is C35H26Cl3N5O2. The number of hydrogen-bond donors (Lipinski definition) is 3. The van der Waals surface area contributed by atoms with E-state index in [4.69, 9.17) is 39.8 Å². The molecule has 0 spiro atoms. The molecule has 5 aromatic carbocycles. The predicted molar refractivity (Wildman–Crippen MR) is 185 cm³/mol. The molecule has 1 aromatic heterocycles. The summed E-state index contributed by atoms with van der Waals surface area (Å²) < 4.78 is 1.62. The topological polar surface area (TPSA) is 88.1 Å². The van der Waals surface area contributed by atoms with Gasteiger partial charge in [0.2, 0.25) is 5.91 Å². The van der Waals surface area contributed by atoms with Gasteiger partial charge in [0.25, 0.3) is 5.56 Å². The third-order valence-electron chi connectivity index (χ3n) is 7.12. The van der Waals surface area contributed by atoms with Gasteiger partial charge >= 0.3 is 0 Å². The molecule has 0 saturated heterocycles. The molecule has 1 heterocycles. The fourth-order valence-corrected chi connectivity index (χ4v) is 5.65. The van der Waals surface area contributed by atoms with Crippen LogP contribution in [0.25, 0.3) is 16.6 Å². The molecular weight excluding hydrogens is 629 g/mol. The number of halogens is 3. The average Bonchev–Trinajstić information content (AvgIpc) is 3.03. The number of anilines is 4. The van der Waals surface area contributed by atoms with Crippen LogP contribution in [0.2, 0.25) is 15.1 Å². The van der Waals surface area contributed by atoms with Crippen molar-refractivity contribution in [3.63, 3.8) is 0 Å². The Morgan fingerprint density at radius 2 is 1.47 bits per heavy atom. The van der Waals surface area contributed by atoms with Gasteiger partial charge in [-0.2, -0.15) is 0 Å². The molecule has 7 nitrogen and oxygen atoms in total. The van der Waals surface area contributed by atoms with Gasteiger partial charge in [0.05, 0.1) is 38.9 Å². The van der Waals surface area contributed by atoms with Crippen molar-refractivity contribution in [2.75, 3.05) is 22.5 Å². The first-order chi connectivity index (χ1) is 21.9. The van der Waals surface area contributed by atoms with Crippen molar-refractivity contribution in [3.8, 4) is 5.69 Å². The normalized spacial score (nSPS) is 10.9. The van der Waals surface area contributed by atoms with E-state index in [9.17, 15) is 9.59 Å². The number of hydrogen-bond acceptors (Lipinski definition) is 5. The summed E-state index contributed by atoms with van der Waals surface area (Å²) in [6, 6.07) is 34.6. The van der Waals surface area contributed by atoms with Crippen LogP contribution in [0.4, 0.5) is 22.7 Å². The van der Waals surface area contributed by atoms with Crippen molar-refractivity contribution in [1.82, 2.24) is 9.55 Å². The molecule has 0 saturated carbocycles. The van der Waals surface area contributed by atoms with E-state index in [1.807, 2.05) is 66.7 Å². The number of aromatic nitrogens is 2. The van der Waals surface area contributed by atoms with Crippen molar-refractivity contribution >= 4 is 74.4 Å².